The SMILES string of the molecule is CCc1c2c(nc3ccccc13)-c1cc3c(c(=O)n1C2)COC(=O)[C@@]3(CC)OC(=O)[C@@H](NC(=O)[C@@H]1CCCN1C(=O)[C@H](CC(=O)O)NC(=O)CCOCCOCCOCCNC(=O)N1CCC(CCn2ccc3cc(-n4c(-c5cc(C(C)C)c(O)cc5O)n[nH]c4=O)ccc32)CC1)[SiH2]C(C)C. The molecule has 7 aromatic rings. The number of para-hydroxylation sites is 1. The van der Waals surface area contributed by atoms with Gasteiger partial charge in [0.15, 0.2) is 5.82 Å². The number of carboxylic acid groups (broad SMARTS) is 1. The van der Waals surface area contributed by atoms with Crippen LogP contribution in [0.15, 0.2) is 82.5 Å². The maximum Gasteiger partial charge on any atom is 0.355 e. The summed E-state index contributed by atoms with van der Waals surface area (Å²) < 4.78 is 33.9. The molecule has 0 spiro atoms. The number of fused-ring (bicyclic) bond motifs is 6. The van der Waals surface area contributed by atoms with E-state index < -0.39 is 86.2 Å². The number of likely N-dealkylation sites (tertiary alicyclic amines) is 2. The zero-order chi connectivity index (χ0) is 71.8. The molecule has 29 heteroatoms. The van der Waals surface area contributed by atoms with E-state index in [4.69, 9.17) is 28.7 Å². The monoisotopic (exact) mass is 1410 g/mol. The number of hydrogen-bond acceptors (Lipinski definition) is 18. The molecule has 101 heavy (non-hydrogen) atoms. The number of phenolic OH excluding ortho intramolecular Hbond substituents is 2. The highest BCUT2D eigenvalue weighted by atomic mass is 28.2. The molecule has 4 aromatic heterocycles. The standard InChI is InChI=1S/C72H89N11O17Si/c1-7-46-47-12-9-10-13-53(47)75-62-50(46)39-82-57(62)36-52-51(66(82)90)40-99-69(93)72(52,8-2)100-68(92)65(101-42(5)6)76-64(89)56-14-11-23-81(56)67(91)54(37-61(87)88)74-60(86)21-28-96-30-32-98-33-31-97-29-22-73-70(94)80-25-18-43(19-26-80)17-24-79-27-20-44-34-45(15-16-55(44)79)83-63(77-78-71(83)95)49-35-48(41(3)4)58(84)38-59(49)85/h9-10,12-13,15-16,20,27,34-36,38,41-43,54,56,65,84-85H,7-8,11,14,17-19,21-26,28-33,37,39-40,101H2,1-6H3,(H,73,94)(H,74,86)(H,76,89)(H,78,95)(H,87,88)/t54-,56-,65-,72-/m0/s1. The van der Waals surface area contributed by atoms with Crippen LogP contribution in [0, 0.1) is 5.92 Å². The van der Waals surface area contributed by atoms with E-state index in [0.717, 1.165) is 58.7 Å². The number of aromatic nitrogens is 6. The quantitative estimate of drug-likeness (QED) is 0.0164. The van der Waals surface area contributed by atoms with Gasteiger partial charge in [-0.1, -0.05) is 65.3 Å². The molecule has 5 amide bonds. The van der Waals surface area contributed by atoms with Crippen molar-refractivity contribution in [3.05, 3.63) is 122 Å². The number of aromatic hydroxyl groups is 2. The number of phenols is 2. The van der Waals surface area contributed by atoms with Crippen molar-refractivity contribution in [3.63, 3.8) is 0 Å². The Hall–Kier alpha value is -9.71. The summed E-state index contributed by atoms with van der Waals surface area (Å²) in [5.74, 6) is -4.87. The lowest BCUT2D eigenvalue weighted by atomic mass is 9.85. The van der Waals surface area contributed by atoms with Crippen LogP contribution < -0.4 is 27.2 Å². The molecule has 0 saturated carbocycles. The average Bonchev–Trinajstić information content (AvgIpc) is 1.65. The predicted molar refractivity (Wildman–Crippen MR) is 374 cm³/mol. The lowest BCUT2D eigenvalue weighted by Gasteiger charge is -2.37. The van der Waals surface area contributed by atoms with Gasteiger partial charge in [0, 0.05) is 78.8 Å². The van der Waals surface area contributed by atoms with E-state index in [1.54, 1.807) is 23.6 Å². The minimum atomic E-state index is -2.05. The summed E-state index contributed by atoms with van der Waals surface area (Å²) in [6, 6.07) is 17.3. The van der Waals surface area contributed by atoms with E-state index in [0.29, 0.717) is 66.6 Å². The first kappa shape index (κ1) is 72.5. The van der Waals surface area contributed by atoms with Gasteiger partial charge in [0.2, 0.25) is 23.3 Å². The lowest BCUT2D eigenvalue weighted by molar-refractivity contribution is -0.189. The van der Waals surface area contributed by atoms with Crippen molar-refractivity contribution >= 4 is 73.0 Å². The number of esters is 2. The second-order valence-corrected chi connectivity index (χ2v) is 29.9. The number of benzene rings is 3. The molecular formula is C72H89N11O17Si. The molecule has 28 nitrogen and oxygen atoms in total. The number of carbonyl (C=O) groups is 7. The van der Waals surface area contributed by atoms with E-state index in [-0.39, 0.29) is 125 Å². The molecular weight excluding hydrogens is 1320 g/mol. The minimum absolute atomic E-state index is 0.0333. The zero-order valence-electron chi connectivity index (χ0n) is 57.8. The molecule has 7 N–H and O–H groups in total. The summed E-state index contributed by atoms with van der Waals surface area (Å²) in [7, 11) is -1.56. The van der Waals surface area contributed by atoms with Gasteiger partial charge in [-0.2, -0.15) is 5.10 Å². The van der Waals surface area contributed by atoms with Crippen LogP contribution in [0.1, 0.15) is 127 Å². The van der Waals surface area contributed by atoms with Crippen molar-refractivity contribution in [2.75, 3.05) is 65.8 Å². The smallest absolute Gasteiger partial charge is 0.355 e. The number of cyclic esters (lactones) is 1. The van der Waals surface area contributed by atoms with Crippen LogP contribution in [0.5, 0.6) is 11.5 Å². The molecule has 2 fully saturated rings. The average molecular weight is 1410 g/mol. The van der Waals surface area contributed by atoms with E-state index in [9.17, 15) is 58.5 Å². The van der Waals surface area contributed by atoms with Crippen molar-refractivity contribution in [2.45, 2.75) is 154 Å². The number of ether oxygens (including phenoxy) is 5. The summed E-state index contributed by atoms with van der Waals surface area (Å²) in [6.45, 7) is 14.7. The topological polar surface area (TPSA) is 359 Å². The fraction of sp³-hybridized carbons (Fsp3) is 0.486. The van der Waals surface area contributed by atoms with Crippen LogP contribution in [0.4, 0.5) is 4.79 Å². The van der Waals surface area contributed by atoms with Gasteiger partial charge in [0.25, 0.3) is 5.56 Å². The number of carbonyl (C=O) groups excluding carboxylic acids is 6. The van der Waals surface area contributed by atoms with E-state index in [1.165, 1.54) is 15.5 Å². The molecule has 0 aliphatic carbocycles. The zero-order valence-corrected chi connectivity index (χ0v) is 59.3. The third-order valence-corrected chi connectivity index (χ3v) is 21.5. The number of urea groups is 1. The second-order valence-electron chi connectivity index (χ2n) is 26.9. The molecule has 0 unspecified atom stereocenters. The summed E-state index contributed by atoms with van der Waals surface area (Å²) in [5.41, 5.74) is 2.48. The van der Waals surface area contributed by atoms with Gasteiger partial charge < -0.3 is 73.9 Å². The Morgan fingerprint density at radius 3 is 2.31 bits per heavy atom. The molecule has 2 saturated heterocycles. The highest BCUT2D eigenvalue weighted by Gasteiger charge is 2.52. The van der Waals surface area contributed by atoms with Crippen LogP contribution in [0.2, 0.25) is 5.54 Å². The Labute approximate surface area is 584 Å². The fourth-order valence-electron chi connectivity index (χ4n) is 14.3. The van der Waals surface area contributed by atoms with Gasteiger partial charge in [0.1, 0.15) is 35.9 Å². The van der Waals surface area contributed by atoms with Gasteiger partial charge in [-0.25, -0.2) is 29.0 Å². The number of nitrogens with one attached hydrogen (secondary N) is 4. The van der Waals surface area contributed by atoms with E-state index in [2.05, 4.69) is 30.7 Å². The van der Waals surface area contributed by atoms with Gasteiger partial charge in [-0.3, -0.25) is 28.8 Å². The summed E-state index contributed by atoms with van der Waals surface area (Å²) in [6.07, 6.45) is 4.84. The maximum atomic E-state index is 14.6. The van der Waals surface area contributed by atoms with Crippen LogP contribution >= 0.6 is 0 Å². The third kappa shape index (κ3) is 15.8. The largest absolute Gasteiger partial charge is 0.508 e. The molecule has 4 atom stereocenters. The Morgan fingerprint density at radius 1 is 0.842 bits per heavy atom. The van der Waals surface area contributed by atoms with Crippen LogP contribution in [0.25, 0.3) is 50.3 Å². The highest BCUT2D eigenvalue weighted by molar-refractivity contribution is 6.46. The number of nitrogens with zero attached hydrogens (tertiary/aromatic N) is 7. The Kier molecular flexibility index (Phi) is 22.9. The molecule has 0 radical (unpaired) electrons. The summed E-state index contributed by atoms with van der Waals surface area (Å²) in [4.78, 5) is 131. The first-order valence-electron chi connectivity index (χ1n) is 34.9. The van der Waals surface area contributed by atoms with Gasteiger partial charge >= 0.3 is 29.6 Å². The predicted octanol–water partition coefficient (Wildman–Crippen LogP) is 5.56. The van der Waals surface area contributed by atoms with Crippen LogP contribution in [-0.2, 0) is 84.2 Å². The number of piperidine rings is 1. The number of aliphatic carboxylic acids is 1. The van der Waals surface area contributed by atoms with Crippen LogP contribution in [0.3, 0.4) is 0 Å². The van der Waals surface area contributed by atoms with Crippen molar-refractivity contribution in [3.8, 4) is 40.0 Å². The van der Waals surface area contributed by atoms with E-state index in [1.807, 2.05) is 94.2 Å². The first-order chi connectivity index (χ1) is 48.6. The van der Waals surface area contributed by atoms with Crippen molar-refractivity contribution in [1.29, 1.82) is 0 Å². The van der Waals surface area contributed by atoms with Gasteiger partial charge in [0.05, 0.1) is 95.8 Å². The number of aromatic amines is 1. The molecule has 3 aromatic carbocycles. The van der Waals surface area contributed by atoms with Crippen molar-refractivity contribution in [1.82, 2.24) is 54.6 Å². The Balaban J connectivity index is 0.574. The Morgan fingerprint density at radius 2 is 1.58 bits per heavy atom. The molecule has 8 heterocycles. The first-order valence-corrected chi connectivity index (χ1v) is 36.5. The lowest BCUT2D eigenvalue weighted by Crippen LogP contribution is -2.58. The normalized spacial score (nSPS) is 17.3. The number of rotatable bonds is 30. The Bertz CT molecular complexity index is 4400. The fourth-order valence-corrected chi connectivity index (χ4v) is 15.8. The molecule has 11 rings (SSSR count). The highest BCUT2D eigenvalue weighted by Crippen LogP contribution is 2.43. The molecule has 538 valence electrons. The number of amides is 5. The summed E-state index contributed by atoms with van der Waals surface area (Å²) >= 11 is 0. The van der Waals surface area contributed by atoms with Crippen molar-refractivity contribution in [2.24, 2.45) is 5.92 Å². The maximum absolute atomic E-state index is 14.6. The summed E-state index contributed by atoms with van der Waals surface area (Å²) in [5, 5.41) is 47.9. The van der Waals surface area contributed by atoms with E-state index >= 15 is 0 Å². The minimum Gasteiger partial charge on any atom is -0.508 e. The molecule has 4 aliphatic rings. The number of hydrogen-bond donors (Lipinski definition) is 7. The number of pyridine rings is 2. The number of carboxylic acids is 1. The van der Waals surface area contributed by atoms with Gasteiger partial charge in [-0.15, -0.1) is 0 Å². The second kappa shape index (κ2) is 31.9. The molecule has 0 bridgehead atoms. The van der Waals surface area contributed by atoms with Crippen LogP contribution in [-0.4, -0.2) is 189 Å². The van der Waals surface area contributed by atoms with Gasteiger partial charge in [-0.05, 0) is 110 Å². The third-order valence-electron chi connectivity index (χ3n) is 19.6. The van der Waals surface area contributed by atoms with Crippen molar-refractivity contribution < 1.29 is 72.6 Å². The molecule has 4 aliphatic heterocycles. The number of H-pyrrole nitrogens is 1. The number of aryl methyl sites for hydroxylation is 2.